The summed E-state index contributed by atoms with van der Waals surface area (Å²) in [6, 6.07) is 7.91. The molecule has 0 saturated carbocycles. The number of hydrogen-bond acceptors (Lipinski definition) is 3. The predicted octanol–water partition coefficient (Wildman–Crippen LogP) is 2.57. The molecule has 0 radical (unpaired) electrons. The van der Waals surface area contributed by atoms with Gasteiger partial charge < -0.3 is 15.5 Å². The molecule has 1 atom stereocenters. The first-order valence-corrected chi connectivity index (χ1v) is 8.92. The zero-order chi connectivity index (χ0) is 17.4. The number of nitrogens with zero attached hydrogens (tertiary/aromatic N) is 1. The van der Waals surface area contributed by atoms with Crippen molar-refractivity contribution >= 4 is 17.5 Å². The molecule has 1 saturated heterocycles. The second kappa shape index (κ2) is 9.30. The van der Waals surface area contributed by atoms with Crippen molar-refractivity contribution in [2.24, 2.45) is 0 Å². The lowest BCUT2D eigenvalue weighted by Crippen LogP contribution is -2.35. The van der Waals surface area contributed by atoms with Crippen LogP contribution in [0.5, 0.6) is 0 Å². The van der Waals surface area contributed by atoms with Crippen molar-refractivity contribution in [1.82, 2.24) is 10.2 Å². The number of likely N-dealkylation sites (tertiary alicyclic amines) is 1. The van der Waals surface area contributed by atoms with Crippen molar-refractivity contribution in [3.05, 3.63) is 29.8 Å². The van der Waals surface area contributed by atoms with Crippen LogP contribution < -0.4 is 10.6 Å². The second-order valence-corrected chi connectivity index (χ2v) is 6.59. The van der Waals surface area contributed by atoms with Crippen molar-refractivity contribution in [3.63, 3.8) is 0 Å². The highest BCUT2D eigenvalue weighted by molar-refractivity contribution is 5.78. The number of carbonyl (C=O) groups excluding carboxylic acids is 2. The van der Waals surface area contributed by atoms with Crippen LogP contribution >= 0.6 is 0 Å². The number of benzene rings is 1. The van der Waals surface area contributed by atoms with Crippen LogP contribution in [0.4, 0.5) is 5.69 Å². The molecule has 0 bridgehead atoms. The molecule has 1 aliphatic heterocycles. The SMILES string of the molecule is CNC(=O)Cc1ccc(N[C@H](C)CC(=O)N2CCCCCC2)cc1. The Bertz CT molecular complexity index is 534. The van der Waals surface area contributed by atoms with E-state index in [9.17, 15) is 9.59 Å². The first kappa shape index (κ1) is 18.3. The standard InChI is InChI=1S/C19H29N3O2/c1-15(13-19(24)22-11-5-3-4-6-12-22)21-17-9-7-16(8-10-17)14-18(23)20-2/h7-10,15,21H,3-6,11-14H2,1-2H3,(H,20,23)/t15-/m1/s1. The number of carbonyl (C=O) groups is 2. The van der Waals surface area contributed by atoms with Gasteiger partial charge in [0.05, 0.1) is 6.42 Å². The van der Waals surface area contributed by atoms with Crippen LogP contribution in [-0.4, -0.2) is 42.9 Å². The average molecular weight is 331 g/mol. The molecule has 2 amide bonds. The van der Waals surface area contributed by atoms with E-state index in [0.29, 0.717) is 12.8 Å². The summed E-state index contributed by atoms with van der Waals surface area (Å²) in [4.78, 5) is 25.8. The van der Waals surface area contributed by atoms with E-state index < -0.39 is 0 Å². The van der Waals surface area contributed by atoms with Gasteiger partial charge in [-0.2, -0.15) is 0 Å². The summed E-state index contributed by atoms with van der Waals surface area (Å²) in [6.45, 7) is 3.84. The molecule has 0 spiro atoms. The van der Waals surface area contributed by atoms with Crippen LogP contribution in [0.2, 0.25) is 0 Å². The van der Waals surface area contributed by atoms with Crippen LogP contribution in [-0.2, 0) is 16.0 Å². The van der Waals surface area contributed by atoms with Crippen molar-refractivity contribution in [1.29, 1.82) is 0 Å². The van der Waals surface area contributed by atoms with Gasteiger partial charge in [-0.15, -0.1) is 0 Å². The first-order valence-electron chi connectivity index (χ1n) is 8.92. The third-order valence-corrected chi connectivity index (χ3v) is 4.45. The maximum atomic E-state index is 12.4. The minimum atomic E-state index is 0.00660. The van der Waals surface area contributed by atoms with E-state index in [1.807, 2.05) is 36.1 Å². The fourth-order valence-electron chi connectivity index (χ4n) is 3.04. The number of rotatable bonds is 6. The van der Waals surface area contributed by atoms with Gasteiger partial charge in [-0.1, -0.05) is 25.0 Å². The monoisotopic (exact) mass is 331 g/mol. The molecule has 1 aromatic carbocycles. The molecule has 132 valence electrons. The van der Waals surface area contributed by atoms with Crippen LogP contribution in [0.15, 0.2) is 24.3 Å². The summed E-state index contributed by atoms with van der Waals surface area (Å²) in [5.41, 5.74) is 1.96. The Labute approximate surface area is 144 Å². The van der Waals surface area contributed by atoms with Crippen molar-refractivity contribution in [2.45, 2.75) is 51.5 Å². The molecule has 2 N–H and O–H groups in total. The van der Waals surface area contributed by atoms with Gasteiger partial charge in [0.2, 0.25) is 11.8 Å². The summed E-state index contributed by atoms with van der Waals surface area (Å²) >= 11 is 0. The lowest BCUT2D eigenvalue weighted by molar-refractivity contribution is -0.131. The largest absolute Gasteiger partial charge is 0.382 e. The molecule has 5 heteroatoms. The topological polar surface area (TPSA) is 61.4 Å². The maximum absolute atomic E-state index is 12.4. The van der Waals surface area contributed by atoms with Gasteiger partial charge in [-0.3, -0.25) is 9.59 Å². The van der Waals surface area contributed by atoms with Gasteiger partial charge in [0.25, 0.3) is 0 Å². The highest BCUT2D eigenvalue weighted by Crippen LogP contribution is 2.15. The predicted molar refractivity (Wildman–Crippen MR) is 97.0 cm³/mol. The molecule has 1 aromatic rings. The minimum absolute atomic E-state index is 0.00660. The zero-order valence-corrected chi connectivity index (χ0v) is 14.8. The fraction of sp³-hybridized carbons (Fsp3) is 0.579. The van der Waals surface area contributed by atoms with E-state index in [2.05, 4.69) is 10.6 Å². The Morgan fingerprint density at radius 2 is 1.71 bits per heavy atom. The van der Waals surface area contributed by atoms with Crippen LogP contribution in [0.3, 0.4) is 0 Å². The fourth-order valence-corrected chi connectivity index (χ4v) is 3.04. The quantitative estimate of drug-likeness (QED) is 0.842. The lowest BCUT2D eigenvalue weighted by atomic mass is 10.1. The Morgan fingerprint density at radius 3 is 2.29 bits per heavy atom. The second-order valence-electron chi connectivity index (χ2n) is 6.59. The molecule has 1 fully saturated rings. The maximum Gasteiger partial charge on any atom is 0.224 e. The van der Waals surface area contributed by atoms with Gasteiger partial charge in [0.1, 0.15) is 0 Å². The lowest BCUT2D eigenvalue weighted by Gasteiger charge is -2.23. The Morgan fingerprint density at radius 1 is 1.08 bits per heavy atom. The number of hydrogen-bond donors (Lipinski definition) is 2. The number of amides is 2. The molecule has 1 aliphatic rings. The highest BCUT2D eigenvalue weighted by atomic mass is 16.2. The number of anilines is 1. The summed E-state index contributed by atoms with van der Waals surface area (Å²) in [5.74, 6) is 0.250. The van der Waals surface area contributed by atoms with Gasteiger partial charge in [-0.25, -0.2) is 0 Å². The molecule has 5 nitrogen and oxygen atoms in total. The summed E-state index contributed by atoms with van der Waals surface area (Å²) < 4.78 is 0. The van der Waals surface area contributed by atoms with E-state index in [4.69, 9.17) is 0 Å². The van der Waals surface area contributed by atoms with Gasteiger partial charge in [0.15, 0.2) is 0 Å². The molecule has 1 heterocycles. The Kier molecular flexibility index (Phi) is 7.09. The molecule has 0 aliphatic carbocycles. The molecule has 0 unspecified atom stereocenters. The Balaban J connectivity index is 1.81. The number of likely N-dealkylation sites (N-methyl/N-ethyl adjacent to an activating group) is 1. The smallest absolute Gasteiger partial charge is 0.224 e. The van der Waals surface area contributed by atoms with Crippen LogP contribution in [0.25, 0.3) is 0 Å². The van der Waals surface area contributed by atoms with Gasteiger partial charge in [-0.05, 0) is 37.5 Å². The van der Waals surface area contributed by atoms with E-state index in [1.54, 1.807) is 7.05 Å². The summed E-state index contributed by atoms with van der Waals surface area (Å²) in [5, 5.41) is 5.99. The zero-order valence-electron chi connectivity index (χ0n) is 14.8. The van der Waals surface area contributed by atoms with Gasteiger partial charge in [0, 0.05) is 38.3 Å². The normalized spacial score (nSPS) is 16.2. The van der Waals surface area contributed by atoms with Crippen LogP contribution in [0.1, 0.15) is 44.6 Å². The van der Waals surface area contributed by atoms with Crippen LogP contribution in [0, 0.1) is 0 Å². The third kappa shape index (κ3) is 5.87. The number of nitrogens with one attached hydrogen (secondary N) is 2. The van der Waals surface area contributed by atoms with Crippen molar-refractivity contribution < 1.29 is 9.59 Å². The first-order chi connectivity index (χ1) is 11.6. The molecular weight excluding hydrogens is 302 g/mol. The summed E-state index contributed by atoms with van der Waals surface area (Å²) in [7, 11) is 1.64. The highest BCUT2D eigenvalue weighted by Gasteiger charge is 2.17. The third-order valence-electron chi connectivity index (χ3n) is 4.45. The van der Waals surface area contributed by atoms with E-state index in [0.717, 1.165) is 37.2 Å². The molecule has 24 heavy (non-hydrogen) atoms. The van der Waals surface area contributed by atoms with E-state index in [-0.39, 0.29) is 17.9 Å². The van der Waals surface area contributed by atoms with Crippen molar-refractivity contribution in [3.8, 4) is 0 Å². The van der Waals surface area contributed by atoms with E-state index in [1.165, 1.54) is 12.8 Å². The average Bonchev–Trinajstić information content (AvgIpc) is 2.85. The minimum Gasteiger partial charge on any atom is -0.382 e. The van der Waals surface area contributed by atoms with Crippen molar-refractivity contribution in [2.75, 3.05) is 25.5 Å². The van der Waals surface area contributed by atoms with E-state index >= 15 is 0 Å². The van der Waals surface area contributed by atoms with Gasteiger partial charge >= 0.3 is 0 Å². The summed E-state index contributed by atoms with van der Waals surface area (Å²) in [6.07, 6.45) is 5.63. The molecule has 0 aromatic heterocycles. The molecule has 2 rings (SSSR count). The molecular formula is C19H29N3O2. The Hall–Kier alpha value is -2.04.